The second kappa shape index (κ2) is 3.26. The lowest BCUT2D eigenvalue weighted by Gasteiger charge is -2.13. The maximum atomic E-state index is 5.73. The van der Waals surface area contributed by atoms with Crippen molar-refractivity contribution in [3.8, 4) is 0 Å². The molecule has 15 heavy (non-hydrogen) atoms. The number of nitrogens with two attached hydrogens (primary N) is 1. The van der Waals surface area contributed by atoms with Gasteiger partial charge in [0.1, 0.15) is 5.82 Å². The van der Waals surface area contributed by atoms with Gasteiger partial charge >= 0.3 is 0 Å². The molecule has 0 spiro atoms. The fourth-order valence-corrected chi connectivity index (χ4v) is 2.56. The van der Waals surface area contributed by atoms with E-state index in [2.05, 4.69) is 21.8 Å². The molecular formula is C12H15N3. The number of fused-ring (bicyclic) bond motifs is 1. The predicted octanol–water partition coefficient (Wildman–Crippen LogP) is 2.73. The highest BCUT2D eigenvalue weighted by atomic mass is 15.0. The summed E-state index contributed by atoms with van der Waals surface area (Å²) in [4.78, 5) is 4.11. The minimum absolute atomic E-state index is 0.612. The highest BCUT2D eigenvalue weighted by molar-refractivity contribution is 5.81. The number of rotatable bonds is 1. The van der Waals surface area contributed by atoms with Crippen LogP contribution in [0, 0.1) is 0 Å². The Morgan fingerprint density at radius 1 is 1.33 bits per heavy atom. The molecule has 2 aromatic rings. The summed E-state index contributed by atoms with van der Waals surface area (Å²) in [5, 5.41) is 1.19. The largest absolute Gasteiger partial charge is 0.384 e. The van der Waals surface area contributed by atoms with Gasteiger partial charge in [-0.15, -0.1) is 0 Å². The number of nitrogen functional groups attached to an aromatic ring is 1. The number of aromatic nitrogens is 2. The van der Waals surface area contributed by atoms with Crippen LogP contribution in [0.25, 0.3) is 10.9 Å². The van der Waals surface area contributed by atoms with Crippen molar-refractivity contribution in [3.63, 3.8) is 0 Å². The van der Waals surface area contributed by atoms with Gasteiger partial charge in [-0.2, -0.15) is 0 Å². The van der Waals surface area contributed by atoms with Gasteiger partial charge in [0.2, 0.25) is 0 Å². The molecule has 0 unspecified atom stereocenters. The van der Waals surface area contributed by atoms with Crippen LogP contribution < -0.4 is 5.73 Å². The van der Waals surface area contributed by atoms with Crippen LogP contribution in [0.4, 0.5) is 5.82 Å². The van der Waals surface area contributed by atoms with Crippen molar-refractivity contribution in [2.45, 2.75) is 31.7 Å². The van der Waals surface area contributed by atoms with Crippen LogP contribution >= 0.6 is 0 Å². The Hall–Kier alpha value is -1.51. The van der Waals surface area contributed by atoms with Crippen LogP contribution in [0.3, 0.4) is 0 Å². The van der Waals surface area contributed by atoms with Gasteiger partial charge in [-0.3, -0.25) is 0 Å². The van der Waals surface area contributed by atoms with Gasteiger partial charge in [-0.05, 0) is 18.9 Å². The Kier molecular flexibility index (Phi) is 1.91. The number of hydrogen-bond donors (Lipinski definition) is 1. The van der Waals surface area contributed by atoms with Crippen molar-refractivity contribution in [1.29, 1.82) is 0 Å². The maximum Gasteiger partial charge on any atom is 0.125 e. The first-order chi connectivity index (χ1) is 7.34. The third-order valence-corrected chi connectivity index (χ3v) is 3.34. The number of pyridine rings is 1. The van der Waals surface area contributed by atoms with Gasteiger partial charge in [0.05, 0.1) is 5.52 Å². The van der Waals surface area contributed by atoms with Crippen LogP contribution in [0.5, 0.6) is 0 Å². The average Bonchev–Trinajstić information content (AvgIpc) is 2.83. The molecule has 1 aliphatic carbocycles. The van der Waals surface area contributed by atoms with Gasteiger partial charge in [-0.1, -0.05) is 12.8 Å². The summed E-state index contributed by atoms with van der Waals surface area (Å²) >= 11 is 0. The first kappa shape index (κ1) is 8.77. The molecule has 0 atom stereocenters. The third-order valence-electron chi connectivity index (χ3n) is 3.34. The van der Waals surface area contributed by atoms with E-state index in [9.17, 15) is 0 Å². The van der Waals surface area contributed by atoms with Crippen molar-refractivity contribution >= 4 is 16.7 Å². The molecule has 78 valence electrons. The molecule has 3 nitrogen and oxygen atoms in total. The third kappa shape index (κ3) is 1.39. The number of anilines is 1. The lowest BCUT2D eigenvalue weighted by atomic mass is 10.2. The first-order valence-electron chi connectivity index (χ1n) is 5.57. The zero-order valence-electron chi connectivity index (χ0n) is 8.69. The Labute approximate surface area is 88.9 Å². The van der Waals surface area contributed by atoms with Crippen molar-refractivity contribution in [2.24, 2.45) is 0 Å². The number of hydrogen-bond acceptors (Lipinski definition) is 2. The summed E-state index contributed by atoms with van der Waals surface area (Å²) in [6.45, 7) is 0. The first-order valence-corrected chi connectivity index (χ1v) is 5.57. The fourth-order valence-electron chi connectivity index (χ4n) is 2.56. The Balaban J connectivity index is 2.13. The molecular weight excluding hydrogens is 186 g/mol. The average molecular weight is 201 g/mol. The van der Waals surface area contributed by atoms with Crippen LogP contribution in [-0.2, 0) is 0 Å². The Morgan fingerprint density at radius 2 is 2.13 bits per heavy atom. The molecule has 0 saturated heterocycles. The summed E-state index contributed by atoms with van der Waals surface area (Å²) < 4.78 is 2.36. The van der Waals surface area contributed by atoms with E-state index < -0.39 is 0 Å². The van der Waals surface area contributed by atoms with Gasteiger partial charge < -0.3 is 10.3 Å². The Morgan fingerprint density at radius 3 is 2.93 bits per heavy atom. The zero-order chi connectivity index (χ0) is 10.3. The van der Waals surface area contributed by atoms with Gasteiger partial charge in [0.15, 0.2) is 0 Å². The predicted molar refractivity (Wildman–Crippen MR) is 61.7 cm³/mol. The second-order valence-corrected chi connectivity index (χ2v) is 4.33. The molecule has 3 heteroatoms. The molecule has 0 bridgehead atoms. The summed E-state index contributed by atoms with van der Waals surface area (Å²) in [5.41, 5.74) is 6.96. The minimum Gasteiger partial charge on any atom is -0.384 e. The minimum atomic E-state index is 0.612. The summed E-state index contributed by atoms with van der Waals surface area (Å²) in [5.74, 6) is 0.612. The van der Waals surface area contributed by atoms with Crippen molar-refractivity contribution in [1.82, 2.24) is 9.55 Å². The highest BCUT2D eigenvalue weighted by Gasteiger charge is 2.17. The molecule has 0 aliphatic heterocycles. The summed E-state index contributed by atoms with van der Waals surface area (Å²) in [6, 6.07) is 4.78. The smallest absolute Gasteiger partial charge is 0.125 e. The molecule has 2 N–H and O–H groups in total. The van der Waals surface area contributed by atoms with Gasteiger partial charge in [-0.25, -0.2) is 4.98 Å². The monoisotopic (exact) mass is 201 g/mol. The van der Waals surface area contributed by atoms with E-state index in [1.54, 1.807) is 0 Å². The molecule has 2 aromatic heterocycles. The van der Waals surface area contributed by atoms with E-state index in [-0.39, 0.29) is 0 Å². The van der Waals surface area contributed by atoms with E-state index in [4.69, 9.17) is 5.73 Å². The van der Waals surface area contributed by atoms with E-state index in [0.29, 0.717) is 11.9 Å². The Bertz CT molecular complexity index is 481. The maximum absolute atomic E-state index is 5.73. The second-order valence-electron chi connectivity index (χ2n) is 4.33. The van der Waals surface area contributed by atoms with Crippen molar-refractivity contribution in [2.75, 3.05) is 5.73 Å². The summed E-state index contributed by atoms with van der Waals surface area (Å²) in [6.07, 6.45) is 9.33. The lowest BCUT2D eigenvalue weighted by molar-refractivity contribution is 0.536. The zero-order valence-corrected chi connectivity index (χ0v) is 8.69. The van der Waals surface area contributed by atoms with Crippen LogP contribution in [0.1, 0.15) is 31.7 Å². The molecule has 2 heterocycles. The summed E-state index contributed by atoms with van der Waals surface area (Å²) in [7, 11) is 0. The quantitative estimate of drug-likeness (QED) is 0.771. The molecule has 0 aromatic carbocycles. The van der Waals surface area contributed by atoms with E-state index in [1.807, 2.05) is 12.3 Å². The SMILES string of the molecule is Nc1cc2c(ccn2C2CCCC2)cn1. The van der Waals surface area contributed by atoms with E-state index in [1.165, 1.54) is 36.6 Å². The highest BCUT2D eigenvalue weighted by Crippen LogP contribution is 2.32. The van der Waals surface area contributed by atoms with Crippen molar-refractivity contribution in [3.05, 3.63) is 24.5 Å². The molecule has 1 aliphatic rings. The van der Waals surface area contributed by atoms with Crippen LogP contribution in [0.15, 0.2) is 24.5 Å². The number of nitrogens with zero attached hydrogens (tertiary/aromatic N) is 2. The normalized spacial score (nSPS) is 17.6. The van der Waals surface area contributed by atoms with Crippen LogP contribution in [-0.4, -0.2) is 9.55 Å². The topological polar surface area (TPSA) is 43.8 Å². The molecule has 3 rings (SSSR count). The van der Waals surface area contributed by atoms with Gasteiger partial charge in [0.25, 0.3) is 0 Å². The van der Waals surface area contributed by atoms with E-state index in [0.717, 1.165) is 0 Å². The van der Waals surface area contributed by atoms with Gasteiger partial charge in [0, 0.05) is 29.9 Å². The molecule has 0 amide bonds. The molecule has 1 saturated carbocycles. The van der Waals surface area contributed by atoms with E-state index >= 15 is 0 Å². The molecule has 0 radical (unpaired) electrons. The molecule has 1 fully saturated rings. The standard InChI is InChI=1S/C12H15N3/c13-12-7-11-9(8-14-12)5-6-15(11)10-3-1-2-4-10/h5-8,10H,1-4H2,(H2,13,14). The van der Waals surface area contributed by atoms with Crippen molar-refractivity contribution < 1.29 is 0 Å². The lowest BCUT2D eigenvalue weighted by Crippen LogP contribution is -2.03. The van der Waals surface area contributed by atoms with Crippen LogP contribution in [0.2, 0.25) is 0 Å². The fraction of sp³-hybridized carbons (Fsp3) is 0.417.